The van der Waals surface area contributed by atoms with Crippen molar-refractivity contribution in [3.8, 4) is 11.5 Å². The second kappa shape index (κ2) is 6.81. The highest BCUT2D eigenvalue weighted by Crippen LogP contribution is 2.25. The van der Waals surface area contributed by atoms with Crippen LogP contribution < -0.4 is 10.1 Å². The molecule has 0 bridgehead atoms. The number of amides is 1. The van der Waals surface area contributed by atoms with Gasteiger partial charge in [0.1, 0.15) is 11.6 Å². The molecule has 21 heavy (non-hydrogen) atoms. The Kier molecular flexibility index (Phi) is 4.84. The van der Waals surface area contributed by atoms with Crippen molar-refractivity contribution in [1.82, 2.24) is 5.32 Å². The smallest absolute Gasteiger partial charge is 0.251 e. The van der Waals surface area contributed by atoms with Crippen LogP contribution in [0, 0.1) is 11.6 Å². The first-order valence-corrected chi connectivity index (χ1v) is 6.22. The lowest BCUT2D eigenvalue weighted by atomic mass is 10.2. The predicted octanol–water partition coefficient (Wildman–Crippen LogP) is 2.48. The van der Waals surface area contributed by atoms with E-state index in [1.807, 2.05) is 0 Å². The van der Waals surface area contributed by atoms with Crippen molar-refractivity contribution in [2.75, 3.05) is 13.2 Å². The molecule has 0 unspecified atom stereocenters. The van der Waals surface area contributed by atoms with Gasteiger partial charge in [0.05, 0.1) is 6.61 Å². The molecule has 2 aromatic rings. The van der Waals surface area contributed by atoms with Crippen LogP contribution in [0.3, 0.4) is 0 Å². The molecule has 0 saturated heterocycles. The summed E-state index contributed by atoms with van der Waals surface area (Å²) < 4.78 is 31.5. The Morgan fingerprint density at radius 1 is 1.14 bits per heavy atom. The number of halogens is 2. The van der Waals surface area contributed by atoms with E-state index in [2.05, 4.69) is 5.32 Å². The second-order valence-electron chi connectivity index (χ2n) is 4.18. The van der Waals surface area contributed by atoms with Crippen LogP contribution in [0.25, 0.3) is 0 Å². The Morgan fingerprint density at radius 2 is 1.86 bits per heavy atom. The van der Waals surface area contributed by atoms with Crippen molar-refractivity contribution in [1.29, 1.82) is 0 Å². The van der Waals surface area contributed by atoms with Gasteiger partial charge < -0.3 is 15.2 Å². The summed E-state index contributed by atoms with van der Waals surface area (Å²) >= 11 is 0. The molecule has 6 heteroatoms. The minimum atomic E-state index is -0.806. The Labute approximate surface area is 120 Å². The number of carbonyl (C=O) groups is 1. The van der Waals surface area contributed by atoms with Gasteiger partial charge in [0.15, 0.2) is 11.6 Å². The molecule has 2 N–H and O–H groups in total. The van der Waals surface area contributed by atoms with Crippen molar-refractivity contribution in [3.05, 3.63) is 59.7 Å². The Morgan fingerprint density at radius 3 is 2.48 bits per heavy atom. The summed E-state index contributed by atoms with van der Waals surface area (Å²) in [5, 5.41) is 11.1. The molecule has 0 fully saturated rings. The van der Waals surface area contributed by atoms with Gasteiger partial charge in [-0.15, -0.1) is 0 Å². The average molecular weight is 293 g/mol. The number of ether oxygens (including phenoxy) is 1. The maximum absolute atomic E-state index is 13.4. The van der Waals surface area contributed by atoms with Crippen molar-refractivity contribution < 1.29 is 23.4 Å². The number of benzene rings is 2. The quantitative estimate of drug-likeness (QED) is 0.890. The van der Waals surface area contributed by atoms with Crippen LogP contribution in [0.15, 0.2) is 42.5 Å². The van der Waals surface area contributed by atoms with E-state index < -0.39 is 11.6 Å². The van der Waals surface area contributed by atoms with E-state index in [4.69, 9.17) is 9.84 Å². The molecule has 0 heterocycles. The summed E-state index contributed by atoms with van der Waals surface area (Å²) in [5.41, 5.74) is 0.385. The third-order valence-corrected chi connectivity index (χ3v) is 2.64. The summed E-state index contributed by atoms with van der Waals surface area (Å²) in [6.07, 6.45) is 0. The van der Waals surface area contributed by atoms with E-state index in [9.17, 15) is 13.6 Å². The van der Waals surface area contributed by atoms with E-state index in [1.165, 1.54) is 30.3 Å². The molecule has 0 radical (unpaired) electrons. The highest BCUT2D eigenvalue weighted by Gasteiger charge is 2.08. The first-order valence-electron chi connectivity index (χ1n) is 6.22. The molecule has 1 amide bonds. The summed E-state index contributed by atoms with van der Waals surface area (Å²) in [6, 6.07) is 9.01. The fourth-order valence-corrected chi connectivity index (χ4v) is 1.63. The Balaban J connectivity index is 2.07. The molecule has 0 aliphatic heterocycles. The van der Waals surface area contributed by atoms with Crippen LogP contribution in [0.4, 0.5) is 8.78 Å². The van der Waals surface area contributed by atoms with Crippen LogP contribution in [0.2, 0.25) is 0 Å². The minimum absolute atomic E-state index is 0.103. The van der Waals surface area contributed by atoms with Crippen molar-refractivity contribution in [2.24, 2.45) is 0 Å². The highest BCUT2D eigenvalue weighted by molar-refractivity contribution is 5.94. The van der Waals surface area contributed by atoms with Crippen molar-refractivity contribution in [2.45, 2.75) is 0 Å². The largest absolute Gasteiger partial charge is 0.454 e. The SMILES string of the molecule is O=C(NCCO)c1ccc(Oc2ccc(F)cc2F)cc1. The normalized spacial score (nSPS) is 10.2. The number of hydrogen-bond donors (Lipinski definition) is 2. The van der Waals surface area contributed by atoms with Crippen LogP contribution in [-0.2, 0) is 0 Å². The molecule has 0 atom stereocenters. The zero-order valence-corrected chi connectivity index (χ0v) is 11.0. The molecule has 0 aromatic heterocycles. The minimum Gasteiger partial charge on any atom is -0.454 e. The molecular weight excluding hydrogens is 280 g/mol. The molecule has 0 saturated carbocycles. The number of rotatable bonds is 5. The maximum Gasteiger partial charge on any atom is 0.251 e. The molecular formula is C15H13F2NO3. The van der Waals surface area contributed by atoms with Gasteiger partial charge in [0.2, 0.25) is 0 Å². The molecule has 4 nitrogen and oxygen atoms in total. The second-order valence-corrected chi connectivity index (χ2v) is 4.18. The highest BCUT2D eigenvalue weighted by atomic mass is 19.1. The summed E-state index contributed by atoms with van der Waals surface area (Å²) in [7, 11) is 0. The molecule has 0 aliphatic carbocycles. The van der Waals surface area contributed by atoms with Gasteiger partial charge in [0, 0.05) is 18.2 Å². The summed E-state index contributed by atoms with van der Waals surface area (Å²) in [6.45, 7) is 0.0225. The van der Waals surface area contributed by atoms with Crippen LogP contribution in [0.5, 0.6) is 11.5 Å². The first kappa shape index (κ1) is 14.9. The Hall–Kier alpha value is -2.47. The number of carbonyl (C=O) groups excluding carboxylic acids is 1. The third kappa shape index (κ3) is 4.00. The van der Waals surface area contributed by atoms with Gasteiger partial charge in [-0.05, 0) is 36.4 Å². The van der Waals surface area contributed by atoms with E-state index in [0.29, 0.717) is 11.3 Å². The summed E-state index contributed by atoms with van der Waals surface area (Å²) in [4.78, 5) is 11.6. The first-order chi connectivity index (χ1) is 10.1. The summed E-state index contributed by atoms with van der Waals surface area (Å²) in [5.74, 6) is -1.60. The molecule has 2 rings (SSSR count). The lowest BCUT2D eigenvalue weighted by Crippen LogP contribution is -2.26. The van der Waals surface area contributed by atoms with Crippen molar-refractivity contribution >= 4 is 5.91 Å². The predicted molar refractivity (Wildman–Crippen MR) is 72.3 cm³/mol. The van der Waals surface area contributed by atoms with Gasteiger partial charge in [0.25, 0.3) is 5.91 Å². The van der Waals surface area contributed by atoms with Gasteiger partial charge in [-0.3, -0.25) is 4.79 Å². The lowest BCUT2D eigenvalue weighted by Gasteiger charge is -2.08. The topological polar surface area (TPSA) is 58.6 Å². The monoisotopic (exact) mass is 293 g/mol. The van der Waals surface area contributed by atoms with E-state index >= 15 is 0 Å². The van der Waals surface area contributed by atoms with E-state index in [1.54, 1.807) is 0 Å². The molecule has 2 aromatic carbocycles. The zero-order chi connectivity index (χ0) is 15.2. The number of aliphatic hydroxyl groups excluding tert-OH is 1. The van der Waals surface area contributed by atoms with Gasteiger partial charge in [-0.25, -0.2) is 8.78 Å². The molecule has 110 valence electrons. The van der Waals surface area contributed by atoms with Crippen molar-refractivity contribution in [3.63, 3.8) is 0 Å². The molecule has 0 spiro atoms. The molecule has 0 aliphatic rings. The zero-order valence-electron chi connectivity index (χ0n) is 11.0. The van der Waals surface area contributed by atoms with Gasteiger partial charge >= 0.3 is 0 Å². The van der Waals surface area contributed by atoms with Gasteiger partial charge in [-0.2, -0.15) is 0 Å². The van der Waals surface area contributed by atoms with Crippen LogP contribution >= 0.6 is 0 Å². The number of hydrogen-bond acceptors (Lipinski definition) is 3. The third-order valence-electron chi connectivity index (χ3n) is 2.64. The maximum atomic E-state index is 13.4. The lowest BCUT2D eigenvalue weighted by molar-refractivity contribution is 0.0945. The Bertz CT molecular complexity index is 629. The van der Waals surface area contributed by atoms with E-state index in [-0.39, 0.29) is 24.8 Å². The van der Waals surface area contributed by atoms with E-state index in [0.717, 1.165) is 12.1 Å². The standard InChI is InChI=1S/C15H13F2NO3/c16-11-3-6-14(13(17)9-11)21-12-4-1-10(2-5-12)15(20)18-7-8-19/h1-6,9,19H,7-8H2,(H,18,20). The fourth-order valence-electron chi connectivity index (χ4n) is 1.63. The van der Waals surface area contributed by atoms with Crippen LogP contribution in [0.1, 0.15) is 10.4 Å². The van der Waals surface area contributed by atoms with Crippen LogP contribution in [-0.4, -0.2) is 24.2 Å². The fraction of sp³-hybridized carbons (Fsp3) is 0.133. The number of aliphatic hydroxyl groups is 1. The van der Waals surface area contributed by atoms with Gasteiger partial charge in [-0.1, -0.05) is 0 Å². The number of nitrogens with one attached hydrogen (secondary N) is 1. The average Bonchev–Trinajstić information content (AvgIpc) is 2.48.